The summed E-state index contributed by atoms with van der Waals surface area (Å²) < 4.78 is 4.79. The Morgan fingerprint density at radius 1 is 1.29 bits per heavy atom. The quantitative estimate of drug-likeness (QED) is 0.621. The molecular formula is C16H22N2O3. The van der Waals surface area contributed by atoms with E-state index in [1.165, 1.54) is 6.08 Å². The molecule has 0 saturated heterocycles. The number of ether oxygens (including phenoxy) is 1. The fourth-order valence-corrected chi connectivity index (χ4v) is 1.56. The largest absolute Gasteiger partial charge is 0.463 e. The van der Waals surface area contributed by atoms with Gasteiger partial charge in [-0.2, -0.15) is 0 Å². The van der Waals surface area contributed by atoms with Crippen LogP contribution in [-0.4, -0.2) is 24.5 Å². The smallest absolute Gasteiger partial charge is 0.330 e. The second-order valence-corrected chi connectivity index (χ2v) is 4.97. The summed E-state index contributed by atoms with van der Waals surface area (Å²) in [5.41, 5.74) is 7.29. The van der Waals surface area contributed by atoms with Gasteiger partial charge < -0.3 is 15.8 Å². The topological polar surface area (TPSA) is 81.4 Å². The van der Waals surface area contributed by atoms with Crippen LogP contribution in [0.1, 0.15) is 26.3 Å². The monoisotopic (exact) mass is 290 g/mol. The standard InChI is InChI=1S/C16H22N2O3/c1-4-21-14(19)10-7-12-5-8-13(9-6-12)18-16(20)15(17)11(2)3/h5-11,15H,4,17H2,1-3H3,(H,18,20)/b10-7+. The Morgan fingerprint density at radius 2 is 1.90 bits per heavy atom. The molecule has 0 spiro atoms. The number of nitrogens with one attached hydrogen (secondary N) is 1. The molecule has 0 aliphatic rings. The van der Waals surface area contributed by atoms with Gasteiger partial charge >= 0.3 is 5.97 Å². The van der Waals surface area contributed by atoms with Gasteiger partial charge in [0.2, 0.25) is 5.91 Å². The van der Waals surface area contributed by atoms with Gasteiger partial charge in [-0.05, 0) is 36.6 Å². The lowest BCUT2D eigenvalue weighted by molar-refractivity contribution is -0.137. The minimum absolute atomic E-state index is 0.0804. The van der Waals surface area contributed by atoms with Gasteiger partial charge in [0.05, 0.1) is 12.6 Å². The summed E-state index contributed by atoms with van der Waals surface area (Å²) in [5.74, 6) is -0.505. The third-order valence-electron chi connectivity index (χ3n) is 2.90. The van der Waals surface area contributed by atoms with Crippen molar-refractivity contribution >= 4 is 23.6 Å². The summed E-state index contributed by atoms with van der Waals surface area (Å²) in [4.78, 5) is 23.0. The predicted octanol–water partition coefficient (Wildman–Crippen LogP) is 2.18. The average molecular weight is 290 g/mol. The first-order valence-corrected chi connectivity index (χ1v) is 6.95. The first-order chi connectivity index (χ1) is 9.93. The van der Waals surface area contributed by atoms with Gasteiger partial charge in [-0.25, -0.2) is 4.79 Å². The second-order valence-electron chi connectivity index (χ2n) is 4.97. The van der Waals surface area contributed by atoms with E-state index in [0.29, 0.717) is 12.3 Å². The molecule has 114 valence electrons. The molecule has 0 heterocycles. The van der Waals surface area contributed by atoms with Crippen LogP contribution in [0.5, 0.6) is 0 Å². The van der Waals surface area contributed by atoms with Crippen molar-refractivity contribution < 1.29 is 14.3 Å². The highest BCUT2D eigenvalue weighted by atomic mass is 16.5. The molecule has 0 bridgehead atoms. The highest BCUT2D eigenvalue weighted by Gasteiger charge is 2.16. The lowest BCUT2D eigenvalue weighted by Crippen LogP contribution is -2.39. The molecule has 0 aliphatic heterocycles. The van der Waals surface area contributed by atoms with Crippen molar-refractivity contribution in [1.82, 2.24) is 0 Å². The Hall–Kier alpha value is -2.14. The Bertz CT molecular complexity index is 507. The van der Waals surface area contributed by atoms with Gasteiger partial charge in [0.25, 0.3) is 0 Å². The molecule has 5 heteroatoms. The molecule has 0 radical (unpaired) electrons. The number of anilines is 1. The molecule has 0 saturated carbocycles. The number of carbonyl (C=O) groups is 2. The lowest BCUT2D eigenvalue weighted by Gasteiger charge is -2.15. The van der Waals surface area contributed by atoms with E-state index in [9.17, 15) is 9.59 Å². The van der Waals surface area contributed by atoms with Crippen molar-refractivity contribution in [3.05, 3.63) is 35.9 Å². The summed E-state index contributed by atoms with van der Waals surface area (Å²) in [6, 6.07) is 6.58. The van der Waals surface area contributed by atoms with Crippen LogP contribution in [0.4, 0.5) is 5.69 Å². The zero-order valence-electron chi connectivity index (χ0n) is 12.6. The molecule has 1 amide bonds. The van der Waals surface area contributed by atoms with Gasteiger partial charge in [-0.1, -0.05) is 26.0 Å². The van der Waals surface area contributed by atoms with Gasteiger partial charge in [0, 0.05) is 11.8 Å². The van der Waals surface area contributed by atoms with Crippen molar-refractivity contribution in [2.24, 2.45) is 11.7 Å². The van der Waals surface area contributed by atoms with Gasteiger partial charge in [-0.15, -0.1) is 0 Å². The van der Waals surface area contributed by atoms with Crippen LogP contribution >= 0.6 is 0 Å². The zero-order chi connectivity index (χ0) is 15.8. The lowest BCUT2D eigenvalue weighted by atomic mass is 10.0. The summed E-state index contributed by atoms with van der Waals surface area (Å²) in [7, 11) is 0. The molecule has 0 aromatic heterocycles. The van der Waals surface area contributed by atoms with Crippen LogP contribution in [-0.2, 0) is 14.3 Å². The first-order valence-electron chi connectivity index (χ1n) is 6.95. The molecule has 1 unspecified atom stereocenters. The molecule has 1 rings (SSSR count). The SMILES string of the molecule is CCOC(=O)/C=C/c1ccc(NC(=O)C(N)C(C)C)cc1. The molecular weight excluding hydrogens is 268 g/mol. The Morgan fingerprint density at radius 3 is 2.43 bits per heavy atom. The third-order valence-corrected chi connectivity index (χ3v) is 2.90. The normalized spacial score (nSPS) is 12.4. The Kier molecular flexibility index (Phi) is 6.62. The summed E-state index contributed by atoms with van der Waals surface area (Å²) in [5, 5.41) is 2.76. The number of amides is 1. The van der Waals surface area contributed by atoms with Crippen molar-refractivity contribution in [3.63, 3.8) is 0 Å². The van der Waals surface area contributed by atoms with Crippen LogP contribution in [0.2, 0.25) is 0 Å². The highest BCUT2D eigenvalue weighted by molar-refractivity contribution is 5.95. The van der Waals surface area contributed by atoms with E-state index in [-0.39, 0.29) is 17.8 Å². The molecule has 5 nitrogen and oxygen atoms in total. The van der Waals surface area contributed by atoms with Crippen molar-refractivity contribution in [1.29, 1.82) is 0 Å². The minimum atomic E-state index is -0.534. The van der Waals surface area contributed by atoms with Crippen LogP contribution in [0.25, 0.3) is 6.08 Å². The van der Waals surface area contributed by atoms with Crippen LogP contribution in [0.3, 0.4) is 0 Å². The van der Waals surface area contributed by atoms with Gasteiger partial charge in [0.1, 0.15) is 0 Å². The number of hydrogen-bond donors (Lipinski definition) is 2. The Balaban J connectivity index is 2.62. The van der Waals surface area contributed by atoms with E-state index in [1.54, 1.807) is 37.3 Å². The molecule has 21 heavy (non-hydrogen) atoms. The maximum atomic E-state index is 11.8. The maximum absolute atomic E-state index is 11.8. The maximum Gasteiger partial charge on any atom is 0.330 e. The highest BCUT2D eigenvalue weighted by Crippen LogP contribution is 2.12. The van der Waals surface area contributed by atoms with Crippen molar-refractivity contribution in [2.45, 2.75) is 26.8 Å². The summed E-state index contributed by atoms with van der Waals surface area (Å²) >= 11 is 0. The Labute approximate surface area is 125 Å². The summed E-state index contributed by atoms with van der Waals surface area (Å²) in [6.45, 7) is 5.90. The van der Waals surface area contributed by atoms with Gasteiger partial charge in [-0.3, -0.25) is 4.79 Å². The second kappa shape index (κ2) is 8.21. The van der Waals surface area contributed by atoms with E-state index in [1.807, 2.05) is 13.8 Å². The number of esters is 1. The number of carbonyl (C=O) groups excluding carboxylic acids is 2. The number of rotatable bonds is 6. The van der Waals surface area contributed by atoms with Gasteiger partial charge in [0.15, 0.2) is 0 Å². The van der Waals surface area contributed by atoms with E-state index in [0.717, 1.165) is 5.56 Å². The van der Waals surface area contributed by atoms with E-state index in [2.05, 4.69) is 5.32 Å². The first kappa shape index (κ1) is 16.9. The number of hydrogen-bond acceptors (Lipinski definition) is 4. The van der Waals surface area contributed by atoms with E-state index in [4.69, 9.17) is 10.5 Å². The van der Waals surface area contributed by atoms with Crippen LogP contribution < -0.4 is 11.1 Å². The molecule has 1 aromatic rings. The van der Waals surface area contributed by atoms with Crippen LogP contribution in [0, 0.1) is 5.92 Å². The van der Waals surface area contributed by atoms with E-state index >= 15 is 0 Å². The molecule has 0 fully saturated rings. The fourth-order valence-electron chi connectivity index (χ4n) is 1.56. The molecule has 0 aliphatic carbocycles. The third kappa shape index (κ3) is 5.79. The minimum Gasteiger partial charge on any atom is -0.463 e. The summed E-state index contributed by atoms with van der Waals surface area (Å²) in [6.07, 6.45) is 3.02. The zero-order valence-corrected chi connectivity index (χ0v) is 12.6. The number of benzene rings is 1. The molecule has 1 aromatic carbocycles. The molecule has 3 N–H and O–H groups in total. The number of nitrogens with two attached hydrogens (primary N) is 1. The average Bonchev–Trinajstić information content (AvgIpc) is 2.45. The molecule has 1 atom stereocenters. The van der Waals surface area contributed by atoms with E-state index < -0.39 is 6.04 Å². The van der Waals surface area contributed by atoms with Crippen molar-refractivity contribution in [2.75, 3.05) is 11.9 Å². The van der Waals surface area contributed by atoms with Crippen molar-refractivity contribution in [3.8, 4) is 0 Å². The van der Waals surface area contributed by atoms with Crippen LogP contribution in [0.15, 0.2) is 30.3 Å². The fraction of sp³-hybridized carbons (Fsp3) is 0.375. The predicted molar refractivity (Wildman–Crippen MR) is 83.6 cm³/mol.